The first-order valence-electron chi connectivity index (χ1n) is 5.99. The van der Waals surface area contributed by atoms with Crippen LogP contribution in [0.25, 0.3) is 6.08 Å². The summed E-state index contributed by atoms with van der Waals surface area (Å²) in [7, 11) is 0. The van der Waals surface area contributed by atoms with Gasteiger partial charge in [-0.05, 0) is 24.6 Å². The quantitative estimate of drug-likeness (QED) is 0.646. The Hall–Kier alpha value is -1.62. The van der Waals surface area contributed by atoms with Crippen molar-refractivity contribution in [1.82, 2.24) is 5.32 Å². The summed E-state index contributed by atoms with van der Waals surface area (Å²) in [5.74, 6) is -0.544. The van der Waals surface area contributed by atoms with Crippen LogP contribution in [0.3, 0.4) is 0 Å². The number of ether oxygens (including phenoxy) is 1. The summed E-state index contributed by atoms with van der Waals surface area (Å²) in [6.45, 7) is 2.38. The second kappa shape index (κ2) is 8.48. The van der Waals surface area contributed by atoms with Crippen LogP contribution in [-0.2, 0) is 14.3 Å². The summed E-state index contributed by atoms with van der Waals surface area (Å²) in [6, 6.07) is 7.59. The van der Waals surface area contributed by atoms with Crippen molar-refractivity contribution in [1.29, 1.82) is 0 Å². The molecule has 0 bridgehead atoms. The lowest BCUT2D eigenvalue weighted by Gasteiger charge is -2.02. The van der Waals surface area contributed by atoms with Crippen LogP contribution in [0.2, 0.25) is 0 Å². The molecule has 19 heavy (non-hydrogen) atoms. The summed E-state index contributed by atoms with van der Waals surface area (Å²) >= 11 is 3.39. The first-order chi connectivity index (χ1) is 9.13. The van der Waals surface area contributed by atoms with Crippen molar-refractivity contribution < 1.29 is 14.3 Å². The Balaban J connectivity index is 2.35. The Bertz CT molecular complexity index is 472. The molecule has 0 aliphatic heterocycles. The Kier molecular flexibility index (Phi) is 6.89. The van der Waals surface area contributed by atoms with Gasteiger partial charge in [0.25, 0.3) is 0 Å². The zero-order valence-electron chi connectivity index (χ0n) is 10.7. The topological polar surface area (TPSA) is 55.4 Å². The van der Waals surface area contributed by atoms with Gasteiger partial charge in [0.05, 0.1) is 13.0 Å². The molecule has 0 aliphatic rings. The van der Waals surface area contributed by atoms with Gasteiger partial charge in [-0.2, -0.15) is 0 Å². The number of hydrogen-bond donors (Lipinski definition) is 1. The van der Waals surface area contributed by atoms with Crippen molar-refractivity contribution in [3.8, 4) is 0 Å². The normalized spacial score (nSPS) is 10.4. The largest absolute Gasteiger partial charge is 0.466 e. The van der Waals surface area contributed by atoms with E-state index in [4.69, 9.17) is 4.74 Å². The Morgan fingerprint density at radius 3 is 2.79 bits per heavy atom. The fourth-order valence-electron chi connectivity index (χ4n) is 1.36. The highest BCUT2D eigenvalue weighted by Crippen LogP contribution is 2.16. The van der Waals surface area contributed by atoms with Crippen LogP contribution in [0.1, 0.15) is 18.9 Å². The van der Waals surface area contributed by atoms with Crippen LogP contribution >= 0.6 is 15.9 Å². The van der Waals surface area contributed by atoms with E-state index < -0.39 is 0 Å². The number of esters is 1. The van der Waals surface area contributed by atoms with Crippen molar-refractivity contribution in [2.24, 2.45) is 0 Å². The molecule has 0 radical (unpaired) electrons. The standard InChI is InChI=1S/C14H16BrNO3/c1-2-19-14(18)9-10-16-13(17)8-7-11-5-3-4-6-12(11)15/h3-8H,2,9-10H2,1H3,(H,16,17). The van der Waals surface area contributed by atoms with E-state index in [9.17, 15) is 9.59 Å². The van der Waals surface area contributed by atoms with Crippen LogP contribution < -0.4 is 5.32 Å². The average Bonchev–Trinajstić information content (AvgIpc) is 2.38. The lowest BCUT2D eigenvalue weighted by atomic mass is 10.2. The molecule has 0 saturated heterocycles. The summed E-state index contributed by atoms with van der Waals surface area (Å²) in [6.07, 6.45) is 3.33. The molecule has 0 spiro atoms. The SMILES string of the molecule is CCOC(=O)CCNC(=O)C=Cc1ccccc1Br. The van der Waals surface area contributed by atoms with Crippen LogP contribution in [-0.4, -0.2) is 25.0 Å². The first kappa shape index (κ1) is 15.4. The third-order valence-electron chi connectivity index (χ3n) is 2.25. The summed E-state index contributed by atoms with van der Waals surface area (Å²) in [5, 5.41) is 2.62. The van der Waals surface area contributed by atoms with E-state index in [1.807, 2.05) is 24.3 Å². The predicted octanol–water partition coefficient (Wildman–Crippen LogP) is 2.53. The summed E-state index contributed by atoms with van der Waals surface area (Å²) in [4.78, 5) is 22.6. The third-order valence-corrected chi connectivity index (χ3v) is 2.98. The van der Waals surface area contributed by atoms with Gasteiger partial charge < -0.3 is 10.1 Å². The number of carbonyl (C=O) groups is 2. The van der Waals surface area contributed by atoms with Gasteiger partial charge in [-0.3, -0.25) is 9.59 Å². The molecule has 0 aromatic heterocycles. The van der Waals surface area contributed by atoms with Gasteiger partial charge in [-0.1, -0.05) is 34.1 Å². The minimum Gasteiger partial charge on any atom is -0.466 e. The number of amides is 1. The van der Waals surface area contributed by atoms with Gasteiger partial charge in [0.15, 0.2) is 0 Å². The second-order valence-corrected chi connectivity index (χ2v) is 4.56. The van der Waals surface area contributed by atoms with E-state index in [-0.39, 0.29) is 24.8 Å². The lowest BCUT2D eigenvalue weighted by Crippen LogP contribution is -2.24. The Labute approximate surface area is 121 Å². The molecule has 5 heteroatoms. The van der Waals surface area contributed by atoms with E-state index in [1.54, 1.807) is 13.0 Å². The molecule has 1 rings (SSSR count). The highest BCUT2D eigenvalue weighted by atomic mass is 79.9. The van der Waals surface area contributed by atoms with Crippen LogP contribution in [0.4, 0.5) is 0 Å². The monoisotopic (exact) mass is 325 g/mol. The van der Waals surface area contributed by atoms with E-state index >= 15 is 0 Å². The average molecular weight is 326 g/mol. The molecule has 0 unspecified atom stereocenters. The van der Waals surface area contributed by atoms with E-state index in [0.29, 0.717) is 6.61 Å². The van der Waals surface area contributed by atoms with Crippen LogP contribution in [0.5, 0.6) is 0 Å². The number of halogens is 1. The van der Waals surface area contributed by atoms with Crippen LogP contribution in [0.15, 0.2) is 34.8 Å². The number of rotatable bonds is 6. The fraction of sp³-hybridized carbons (Fsp3) is 0.286. The molecule has 0 heterocycles. The third kappa shape index (κ3) is 6.20. The van der Waals surface area contributed by atoms with Gasteiger partial charge in [-0.25, -0.2) is 0 Å². The van der Waals surface area contributed by atoms with Gasteiger partial charge in [0, 0.05) is 17.1 Å². The molecule has 0 fully saturated rings. The van der Waals surface area contributed by atoms with Gasteiger partial charge in [0.1, 0.15) is 0 Å². The van der Waals surface area contributed by atoms with Gasteiger partial charge in [-0.15, -0.1) is 0 Å². The minimum absolute atomic E-state index is 0.183. The number of benzene rings is 1. The number of carbonyl (C=O) groups excluding carboxylic acids is 2. The van der Waals surface area contributed by atoms with E-state index in [1.165, 1.54) is 6.08 Å². The van der Waals surface area contributed by atoms with Crippen molar-refractivity contribution in [3.05, 3.63) is 40.4 Å². The molecular formula is C14H16BrNO3. The molecule has 1 aromatic carbocycles. The molecule has 1 N–H and O–H groups in total. The lowest BCUT2D eigenvalue weighted by molar-refractivity contribution is -0.142. The zero-order chi connectivity index (χ0) is 14.1. The molecule has 1 aromatic rings. The van der Waals surface area contributed by atoms with Gasteiger partial charge in [0.2, 0.25) is 5.91 Å². The van der Waals surface area contributed by atoms with E-state index in [2.05, 4.69) is 21.2 Å². The Morgan fingerprint density at radius 2 is 2.11 bits per heavy atom. The predicted molar refractivity (Wildman–Crippen MR) is 77.4 cm³/mol. The highest BCUT2D eigenvalue weighted by Gasteiger charge is 2.02. The molecular weight excluding hydrogens is 310 g/mol. The first-order valence-corrected chi connectivity index (χ1v) is 6.79. The van der Waals surface area contributed by atoms with Crippen molar-refractivity contribution >= 4 is 33.9 Å². The van der Waals surface area contributed by atoms with Crippen molar-refractivity contribution in [2.75, 3.05) is 13.2 Å². The molecule has 1 amide bonds. The number of hydrogen-bond acceptors (Lipinski definition) is 3. The van der Waals surface area contributed by atoms with Crippen LogP contribution in [0, 0.1) is 0 Å². The molecule has 0 saturated carbocycles. The summed E-state index contributed by atoms with van der Waals surface area (Å²) in [5.41, 5.74) is 0.919. The molecule has 4 nitrogen and oxygen atoms in total. The second-order valence-electron chi connectivity index (χ2n) is 3.70. The smallest absolute Gasteiger partial charge is 0.307 e. The van der Waals surface area contributed by atoms with Crippen molar-refractivity contribution in [3.63, 3.8) is 0 Å². The molecule has 0 atom stereocenters. The maximum absolute atomic E-state index is 11.5. The summed E-state index contributed by atoms with van der Waals surface area (Å²) < 4.78 is 5.68. The van der Waals surface area contributed by atoms with E-state index in [0.717, 1.165) is 10.0 Å². The fourth-order valence-corrected chi connectivity index (χ4v) is 1.77. The zero-order valence-corrected chi connectivity index (χ0v) is 12.3. The maximum Gasteiger partial charge on any atom is 0.307 e. The van der Waals surface area contributed by atoms with Crippen molar-refractivity contribution in [2.45, 2.75) is 13.3 Å². The minimum atomic E-state index is -0.308. The van der Waals surface area contributed by atoms with Gasteiger partial charge >= 0.3 is 5.97 Å². The molecule has 102 valence electrons. The molecule has 0 aliphatic carbocycles. The highest BCUT2D eigenvalue weighted by molar-refractivity contribution is 9.10. The maximum atomic E-state index is 11.5. The number of nitrogens with one attached hydrogen (secondary N) is 1. The Morgan fingerprint density at radius 1 is 1.37 bits per heavy atom.